The molecule has 0 fully saturated rings. The van der Waals surface area contributed by atoms with Crippen molar-refractivity contribution < 1.29 is 14.6 Å². The topological polar surface area (TPSA) is 49.7 Å². The Bertz CT molecular complexity index is 273. The molecule has 0 aliphatic heterocycles. The maximum atomic E-state index is 9.94. The molecule has 0 spiro atoms. The van der Waals surface area contributed by atoms with Crippen molar-refractivity contribution in [1.82, 2.24) is 0 Å². The second-order valence-corrected chi connectivity index (χ2v) is 11.1. The summed E-state index contributed by atoms with van der Waals surface area (Å²) in [4.78, 5) is 0. The molecule has 1 rings (SSSR count). The summed E-state index contributed by atoms with van der Waals surface area (Å²) < 4.78 is 5.79. The third kappa shape index (κ3) is 7.87. The molecule has 0 aromatic carbocycles. The van der Waals surface area contributed by atoms with E-state index < -0.39 is 8.32 Å². The summed E-state index contributed by atoms with van der Waals surface area (Å²) in [6, 6.07) is 0. The average Bonchev–Trinajstić information content (AvgIpc) is 2.68. The minimum atomic E-state index is -1.36. The van der Waals surface area contributed by atoms with Crippen LogP contribution in [0.1, 0.15) is 38.5 Å². The van der Waals surface area contributed by atoms with Gasteiger partial charge in [0, 0.05) is 12.5 Å². The molecule has 0 aromatic rings. The van der Waals surface area contributed by atoms with Crippen LogP contribution in [0.25, 0.3) is 0 Å². The second kappa shape index (κ2) is 8.20. The van der Waals surface area contributed by atoms with Crippen LogP contribution < -0.4 is 0 Å². The van der Waals surface area contributed by atoms with Crippen molar-refractivity contribution in [1.29, 1.82) is 0 Å². The van der Waals surface area contributed by atoms with Crippen molar-refractivity contribution in [2.75, 3.05) is 6.61 Å². The van der Waals surface area contributed by atoms with Gasteiger partial charge in [0.15, 0.2) is 8.32 Å². The molecule has 0 aromatic heterocycles. The van der Waals surface area contributed by atoms with Crippen LogP contribution in [0.3, 0.4) is 0 Å². The fourth-order valence-corrected chi connectivity index (χ4v) is 3.16. The molecule has 3 atom stereocenters. The molecule has 4 heteroatoms. The van der Waals surface area contributed by atoms with Gasteiger partial charge in [-0.2, -0.15) is 0 Å². The molecule has 0 bridgehead atoms. The lowest BCUT2D eigenvalue weighted by Crippen LogP contribution is -2.25. The molecule has 2 N–H and O–H groups in total. The molecule has 0 heterocycles. The fraction of sp³-hybridized carbons (Fsp3) is 0.867. The molecule has 1 aliphatic rings. The van der Waals surface area contributed by atoms with Crippen LogP contribution in [-0.4, -0.2) is 37.3 Å². The van der Waals surface area contributed by atoms with E-state index in [1.54, 1.807) is 0 Å². The van der Waals surface area contributed by atoms with E-state index in [9.17, 15) is 10.2 Å². The SMILES string of the molecule is C[Si](C)(C)OCCCCCC(O)C[C@@H]1C=CCC1O. The normalized spacial score (nSPS) is 24.9. The molecule has 0 radical (unpaired) electrons. The minimum absolute atomic E-state index is 0.158. The van der Waals surface area contributed by atoms with Crippen LogP contribution in [0.15, 0.2) is 12.2 Å². The molecular formula is C15H30O3Si. The first-order valence-corrected chi connectivity index (χ1v) is 11.0. The summed E-state index contributed by atoms with van der Waals surface area (Å²) in [5, 5.41) is 19.6. The van der Waals surface area contributed by atoms with Gasteiger partial charge in [-0.1, -0.05) is 25.0 Å². The summed E-state index contributed by atoms with van der Waals surface area (Å²) in [6.45, 7) is 7.47. The van der Waals surface area contributed by atoms with Gasteiger partial charge in [0.25, 0.3) is 0 Å². The number of hydrogen-bond donors (Lipinski definition) is 2. The van der Waals surface area contributed by atoms with E-state index >= 15 is 0 Å². The Morgan fingerprint density at radius 1 is 1.26 bits per heavy atom. The predicted molar refractivity (Wildman–Crippen MR) is 81.6 cm³/mol. The standard InChI is InChI=1S/C15H30O3Si/c1-19(2,3)18-11-6-4-5-9-14(16)12-13-8-7-10-15(13)17/h7-8,13-17H,4-6,9-12H2,1-3H3/t13-,14?,15?/m0/s1. The number of aliphatic hydroxyl groups excluding tert-OH is 2. The Balaban J connectivity index is 1.98. The number of unbranched alkanes of at least 4 members (excludes halogenated alkanes) is 2. The highest BCUT2D eigenvalue weighted by molar-refractivity contribution is 6.69. The first-order chi connectivity index (χ1) is 8.88. The fourth-order valence-electron chi connectivity index (χ4n) is 2.40. The Hall–Kier alpha value is -0.163. The van der Waals surface area contributed by atoms with Crippen LogP contribution in [-0.2, 0) is 4.43 Å². The summed E-state index contributed by atoms with van der Waals surface area (Å²) >= 11 is 0. The van der Waals surface area contributed by atoms with Crippen LogP contribution >= 0.6 is 0 Å². The summed E-state index contributed by atoms with van der Waals surface area (Å²) in [6.07, 6.45) is 9.01. The highest BCUT2D eigenvalue weighted by Crippen LogP contribution is 2.24. The average molecular weight is 286 g/mol. The third-order valence-corrected chi connectivity index (χ3v) is 4.59. The van der Waals surface area contributed by atoms with Gasteiger partial charge < -0.3 is 14.6 Å². The van der Waals surface area contributed by atoms with Gasteiger partial charge in [0.2, 0.25) is 0 Å². The molecule has 2 unspecified atom stereocenters. The molecule has 3 nitrogen and oxygen atoms in total. The lowest BCUT2D eigenvalue weighted by atomic mass is 9.96. The van der Waals surface area contributed by atoms with E-state index in [0.717, 1.165) is 38.7 Å². The monoisotopic (exact) mass is 286 g/mol. The quantitative estimate of drug-likeness (QED) is 0.389. The summed E-state index contributed by atoms with van der Waals surface area (Å²) in [5.41, 5.74) is 0. The third-order valence-electron chi connectivity index (χ3n) is 3.52. The van der Waals surface area contributed by atoms with Crippen molar-refractivity contribution in [3.8, 4) is 0 Å². The first-order valence-electron chi connectivity index (χ1n) is 7.55. The molecule has 0 saturated heterocycles. The maximum absolute atomic E-state index is 9.94. The molecule has 0 amide bonds. The van der Waals surface area contributed by atoms with Crippen molar-refractivity contribution in [3.63, 3.8) is 0 Å². The predicted octanol–water partition coefficient (Wildman–Crippen LogP) is 3.09. The lowest BCUT2D eigenvalue weighted by molar-refractivity contribution is 0.0845. The highest BCUT2D eigenvalue weighted by Gasteiger charge is 2.22. The van der Waals surface area contributed by atoms with Gasteiger partial charge in [-0.15, -0.1) is 0 Å². The van der Waals surface area contributed by atoms with Gasteiger partial charge in [0.05, 0.1) is 12.2 Å². The van der Waals surface area contributed by atoms with Gasteiger partial charge in [-0.05, 0) is 45.3 Å². The van der Waals surface area contributed by atoms with Gasteiger partial charge in [-0.25, -0.2) is 0 Å². The number of aliphatic hydroxyl groups is 2. The Labute approximate surface area is 118 Å². The maximum Gasteiger partial charge on any atom is 0.183 e. The van der Waals surface area contributed by atoms with E-state index in [1.165, 1.54) is 0 Å². The Kier molecular flexibility index (Phi) is 7.29. The van der Waals surface area contributed by atoms with Crippen LogP contribution in [0.4, 0.5) is 0 Å². The zero-order chi connectivity index (χ0) is 14.3. The first kappa shape index (κ1) is 16.9. The van der Waals surface area contributed by atoms with E-state index in [1.807, 2.05) is 12.2 Å². The van der Waals surface area contributed by atoms with Crippen LogP contribution in [0, 0.1) is 5.92 Å². The van der Waals surface area contributed by atoms with Crippen molar-refractivity contribution in [2.45, 2.75) is 70.4 Å². The van der Waals surface area contributed by atoms with Gasteiger partial charge in [-0.3, -0.25) is 0 Å². The van der Waals surface area contributed by atoms with E-state index in [0.29, 0.717) is 6.42 Å². The van der Waals surface area contributed by atoms with Gasteiger partial charge in [0.1, 0.15) is 0 Å². The van der Waals surface area contributed by atoms with Crippen LogP contribution in [0.5, 0.6) is 0 Å². The summed E-state index contributed by atoms with van der Waals surface area (Å²) in [7, 11) is -1.36. The van der Waals surface area contributed by atoms with E-state index in [-0.39, 0.29) is 18.1 Å². The molecule has 19 heavy (non-hydrogen) atoms. The zero-order valence-electron chi connectivity index (χ0n) is 12.6. The Morgan fingerprint density at radius 3 is 2.58 bits per heavy atom. The minimum Gasteiger partial charge on any atom is -0.418 e. The zero-order valence-corrected chi connectivity index (χ0v) is 13.6. The Morgan fingerprint density at radius 2 is 2.00 bits per heavy atom. The molecular weight excluding hydrogens is 256 g/mol. The van der Waals surface area contributed by atoms with Crippen molar-refractivity contribution in [3.05, 3.63) is 12.2 Å². The van der Waals surface area contributed by atoms with Crippen molar-refractivity contribution in [2.24, 2.45) is 5.92 Å². The largest absolute Gasteiger partial charge is 0.418 e. The van der Waals surface area contributed by atoms with E-state index in [4.69, 9.17) is 4.43 Å². The molecule has 1 aliphatic carbocycles. The molecule has 112 valence electrons. The lowest BCUT2D eigenvalue weighted by Gasteiger charge is -2.18. The highest BCUT2D eigenvalue weighted by atomic mass is 28.4. The van der Waals surface area contributed by atoms with Gasteiger partial charge >= 0.3 is 0 Å². The summed E-state index contributed by atoms with van der Waals surface area (Å²) in [5.74, 6) is 0.158. The number of rotatable bonds is 9. The number of hydrogen-bond acceptors (Lipinski definition) is 3. The van der Waals surface area contributed by atoms with Crippen LogP contribution in [0.2, 0.25) is 19.6 Å². The van der Waals surface area contributed by atoms with E-state index in [2.05, 4.69) is 19.6 Å². The smallest absolute Gasteiger partial charge is 0.183 e. The second-order valence-electron chi connectivity index (χ2n) is 6.59. The molecule has 0 saturated carbocycles. The van der Waals surface area contributed by atoms with Crippen molar-refractivity contribution >= 4 is 8.32 Å².